The monoisotopic (exact) mass is 394 g/mol. The molecule has 0 radical (unpaired) electrons. The Hall–Kier alpha value is -2.20. The summed E-state index contributed by atoms with van der Waals surface area (Å²) in [5.41, 5.74) is 1.35. The van der Waals surface area contributed by atoms with Crippen LogP contribution in [-0.4, -0.2) is 54.1 Å². The fraction of sp³-hybridized carbons (Fsp3) is 0.480. The molecule has 3 nitrogen and oxygen atoms in total. The number of alkyl halides is 1. The topological polar surface area (TPSA) is 23.6 Å². The zero-order valence-electron chi connectivity index (χ0n) is 17.3. The largest absolute Gasteiger partial charge is 0.342 e. The minimum Gasteiger partial charge on any atom is -0.342 e. The van der Waals surface area contributed by atoms with E-state index in [1.807, 2.05) is 48.3 Å². The molecule has 0 bridgehead atoms. The Morgan fingerprint density at radius 1 is 1.07 bits per heavy atom. The molecule has 0 aromatic heterocycles. The second kappa shape index (κ2) is 8.66. The van der Waals surface area contributed by atoms with E-state index in [4.69, 9.17) is 0 Å². The summed E-state index contributed by atoms with van der Waals surface area (Å²) in [7, 11) is 2.05. The number of piperidine rings is 1. The lowest BCUT2D eigenvalue weighted by atomic mass is 9.92. The van der Waals surface area contributed by atoms with Gasteiger partial charge in [0.2, 0.25) is 5.91 Å². The van der Waals surface area contributed by atoms with E-state index in [9.17, 15) is 4.79 Å². The number of nitrogens with zero attached hydrogens (tertiary/aromatic N) is 2. The quantitative estimate of drug-likeness (QED) is 0.693. The number of hydrogen-bond donors (Lipinski definition) is 0. The first kappa shape index (κ1) is 20.1. The van der Waals surface area contributed by atoms with Gasteiger partial charge < -0.3 is 4.90 Å². The molecule has 2 fully saturated rings. The van der Waals surface area contributed by atoms with Crippen LogP contribution >= 0.6 is 0 Å². The van der Waals surface area contributed by atoms with Gasteiger partial charge >= 0.3 is 0 Å². The average Bonchev–Trinajstić information content (AvgIpc) is 3.55. The van der Waals surface area contributed by atoms with Crippen molar-refractivity contribution in [3.63, 3.8) is 0 Å². The number of carbonyl (C=O) groups excluding carboxylic acids is 1. The molecule has 29 heavy (non-hydrogen) atoms. The lowest BCUT2D eigenvalue weighted by Crippen LogP contribution is -2.49. The Bertz CT molecular complexity index is 802. The van der Waals surface area contributed by atoms with Gasteiger partial charge in [-0.3, -0.25) is 9.69 Å². The van der Waals surface area contributed by atoms with E-state index in [-0.39, 0.29) is 5.91 Å². The summed E-state index contributed by atoms with van der Waals surface area (Å²) in [5, 5.41) is 0. The van der Waals surface area contributed by atoms with E-state index in [0.717, 1.165) is 12.8 Å². The number of halogens is 1. The van der Waals surface area contributed by atoms with Gasteiger partial charge in [0.15, 0.2) is 0 Å². The molecule has 2 unspecified atom stereocenters. The first-order valence-corrected chi connectivity index (χ1v) is 10.8. The van der Waals surface area contributed by atoms with Crippen molar-refractivity contribution >= 4 is 5.91 Å². The number of amides is 1. The number of carbonyl (C=O) groups is 1. The Labute approximate surface area is 173 Å². The van der Waals surface area contributed by atoms with Gasteiger partial charge in [-0.2, -0.15) is 0 Å². The van der Waals surface area contributed by atoms with E-state index in [1.165, 1.54) is 11.1 Å². The van der Waals surface area contributed by atoms with Crippen LogP contribution < -0.4 is 0 Å². The number of likely N-dealkylation sites (N-methyl/N-ethyl adjacent to an activating group) is 1. The van der Waals surface area contributed by atoms with Crippen molar-refractivity contribution in [1.29, 1.82) is 0 Å². The summed E-state index contributed by atoms with van der Waals surface area (Å²) in [6.07, 6.45) is 3.25. The number of likely N-dealkylation sites (tertiary alicyclic amines) is 1. The first-order valence-electron chi connectivity index (χ1n) is 10.8. The molecule has 2 aliphatic rings. The lowest BCUT2D eigenvalue weighted by molar-refractivity contribution is -0.134. The minimum absolute atomic E-state index is 0.149. The summed E-state index contributed by atoms with van der Waals surface area (Å²) in [6.45, 7) is 1.53. The van der Waals surface area contributed by atoms with Gasteiger partial charge in [0.05, 0.1) is 0 Å². The molecule has 1 aliphatic heterocycles. The molecule has 154 valence electrons. The number of benzene rings is 2. The van der Waals surface area contributed by atoms with Crippen LogP contribution in [0.4, 0.5) is 4.39 Å². The van der Waals surface area contributed by atoms with Crippen LogP contribution in [0.25, 0.3) is 0 Å². The molecular formula is C25H31FN2O. The van der Waals surface area contributed by atoms with Crippen LogP contribution in [-0.2, 0) is 11.2 Å². The summed E-state index contributed by atoms with van der Waals surface area (Å²) in [5.74, 6) is 0.681. The zero-order chi connectivity index (χ0) is 20.3. The van der Waals surface area contributed by atoms with Crippen LogP contribution in [0.5, 0.6) is 0 Å². The molecule has 1 saturated heterocycles. The predicted molar refractivity (Wildman–Crippen MR) is 115 cm³/mol. The molecule has 0 spiro atoms. The second-order valence-corrected chi connectivity index (χ2v) is 8.75. The molecule has 1 heterocycles. The molecule has 4 heteroatoms. The van der Waals surface area contributed by atoms with Gasteiger partial charge in [-0.15, -0.1) is 0 Å². The number of rotatable bonds is 7. The highest BCUT2D eigenvalue weighted by atomic mass is 19.1. The van der Waals surface area contributed by atoms with E-state index >= 15 is 4.39 Å². The maximum absolute atomic E-state index is 15.4. The Balaban J connectivity index is 1.22. The Morgan fingerprint density at radius 3 is 2.34 bits per heavy atom. The van der Waals surface area contributed by atoms with Crippen LogP contribution in [0.2, 0.25) is 0 Å². The van der Waals surface area contributed by atoms with Crippen molar-refractivity contribution < 1.29 is 9.18 Å². The van der Waals surface area contributed by atoms with Crippen molar-refractivity contribution in [2.24, 2.45) is 0 Å². The fourth-order valence-electron chi connectivity index (χ4n) is 4.66. The average molecular weight is 395 g/mol. The third-order valence-electron chi connectivity index (χ3n) is 6.57. The van der Waals surface area contributed by atoms with Crippen LogP contribution in [0, 0.1) is 0 Å². The molecule has 1 aliphatic carbocycles. The van der Waals surface area contributed by atoms with Crippen LogP contribution in [0.3, 0.4) is 0 Å². The summed E-state index contributed by atoms with van der Waals surface area (Å²) < 4.78 is 15.4. The van der Waals surface area contributed by atoms with Gasteiger partial charge in [0, 0.05) is 50.9 Å². The zero-order valence-corrected chi connectivity index (χ0v) is 17.3. The molecule has 1 saturated carbocycles. The lowest BCUT2D eigenvalue weighted by Gasteiger charge is -2.38. The molecule has 2 atom stereocenters. The first-order chi connectivity index (χ1) is 14.0. The molecule has 2 aromatic carbocycles. The van der Waals surface area contributed by atoms with Crippen LogP contribution in [0.15, 0.2) is 60.7 Å². The highest BCUT2D eigenvalue weighted by Gasteiger charge is 2.45. The Kier molecular flexibility index (Phi) is 6.00. The predicted octanol–water partition coefficient (Wildman–Crippen LogP) is 4.44. The van der Waals surface area contributed by atoms with Gasteiger partial charge in [0.1, 0.15) is 5.67 Å². The summed E-state index contributed by atoms with van der Waals surface area (Å²) in [6, 6.07) is 21.0. The van der Waals surface area contributed by atoms with Gasteiger partial charge in [0.25, 0.3) is 0 Å². The smallest absolute Gasteiger partial charge is 0.222 e. The van der Waals surface area contributed by atoms with Crippen molar-refractivity contribution in [3.8, 4) is 0 Å². The van der Waals surface area contributed by atoms with Gasteiger partial charge in [-0.05, 0) is 31.0 Å². The second-order valence-electron chi connectivity index (χ2n) is 8.75. The highest BCUT2D eigenvalue weighted by Crippen LogP contribution is 2.45. The third-order valence-corrected chi connectivity index (χ3v) is 6.57. The van der Waals surface area contributed by atoms with Crippen molar-refractivity contribution in [3.05, 3.63) is 71.8 Å². The number of aryl methyl sites for hydroxylation is 1. The van der Waals surface area contributed by atoms with Crippen molar-refractivity contribution in [2.45, 2.75) is 49.7 Å². The van der Waals surface area contributed by atoms with Crippen molar-refractivity contribution in [1.82, 2.24) is 9.80 Å². The maximum Gasteiger partial charge on any atom is 0.222 e. The van der Waals surface area contributed by atoms with E-state index in [0.29, 0.717) is 50.9 Å². The SMILES string of the molecule is CN(CC1(F)CCN(C(=O)CCc2ccccc2)CC1)C1CC1c1ccccc1. The highest BCUT2D eigenvalue weighted by molar-refractivity contribution is 5.76. The Morgan fingerprint density at radius 2 is 1.69 bits per heavy atom. The maximum atomic E-state index is 15.4. The normalized spacial score (nSPS) is 23.2. The molecule has 1 amide bonds. The van der Waals surface area contributed by atoms with E-state index in [2.05, 4.69) is 29.2 Å². The summed E-state index contributed by atoms with van der Waals surface area (Å²) >= 11 is 0. The van der Waals surface area contributed by atoms with E-state index in [1.54, 1.807) is 0 Å². The van der Waals surface area contributed by atoms with Crippen molar-refractivity contribution in [2.75, 3.05) is 26.7 Å². The molecular weight excluding hydrogens is 363 g/mol. The standard InChI is InChI=1S/C25H31FN2O/c1-27(23-18-22(23)21-10-6-3-7-11-21)19-25(26)14-16-28(17-15-25)24(29)13-12-20-8-4-2-5-9-20/h2-11,22-23H,12-19H2,1H3. The third kappa shape index (κ3) is 5.05. The van der Waals surface area contributed by atoms with Gasteiger partial charge in [-0.25, -0.2) is 4.39 Å². The van der Waals surface area contributed by atoms with Gasteiger partial charge in [-0.1, -0.05) is 60.7 Å². The molecule has 2 aromatic rings. The summed E-state index contributed by atoms with van der Waals surface area (Å²) in [4.78, 5) is 16.6. The number of hydrogen-bond acceptors (Lipinski definition) is 2. The molecule has 0 N–H and O–H groups in total. The van der Waals surface area contributed by atoms with Crippen LogP contribution in [0.1, 0.15) is 42.7 Å². The fourth-order valence-corrected chi connectivity index (χ4v) is 4.66. The van der Waals surface area contributed by atoms with E-state index < -0.39 is 5.67 Å². The molecule has 4 rings (SSSR count). The minimum atomic E-state index is -1.19.